The summed E-state index contributed by atoms with van der Waals surface area (Å²) in [5, 5.41) is 6.85. The fraction of sp³-hybridized carbons (Fsp3) is 0.389. The fourth-order valence-electron chi connectivity index (χ4n) is 2.17. The normalized spacial score (nSPS) is 11.9. The van der Waals surface area contributed by atoms with Crippen molar-refractivity contribution in [3.05, 3.63) is 47.6 Å². The minimum absolute atomic E-state index is 0.244. The molecule has 25 heavy (non-hydrogen) atoms. The van der Waals surface area contributed by atoms with Gasteiger partial charge >= 0.3 is 0 Å². The second-order valence-electron chi connectivity index (χ2n) is 6.47. The highest BCUT2D eigenvalue weighted by molar-refractivity contribution is 5.92. The van der Waals surface area contributed by atoms with E-state index in [2.05, 4.69) is 15.5 Å². The van der Waals surface area contributed by atoms with Crippen molar-refractivity contribution in [1.82, 2.24) is 20.4 Å². The van der Waals surface area contributed by atoms with Crippen LogP contribution >= 0.6 is 0 Å². The molecule has 0 radical (unpaired) electrons. The lowest BCUT2D eigenvalue weighted by Crippen LogP contribution is -2.41. The number of aromatic nitrogens is 2. The average Bonchev–Trinajstić information content (AvgIpc) is 3.01. The molecule has 0 saturated carbocycles. The van der Waals surface area contributed by atoms with E-state index in [1.54, 1.807) is 13.2 Å². The molecule has 134 valence electrons. The summed E-state index contributed by atoms with van der Waals surface area (Å²) in [5.74, 6) is 1.44. The molecule has 2 rings (SSSR count). The third-order valence-corrected chi connectivity index (χ3v) is 3.44. The Hall–Kier alpha value is -2.67. The summed E-state index contributed by atoms with van der Waals surface area (Å²) >= 11 is 0. The molecule has 0 fully saturated rings. The van der Waals surface area contributed by atoms with Gasteiger partial charge in [-0.05, 0) is 51.7 Å². The summed E-state index contributed by atoms with van der Waals surface area (Å²) in [5.41, 5.74) is 0.129. The molecule has 1 aromatic heterocycles. The van der Waals surface area contributed by atoms with E-state index in [1.165, 1.54) is 6.08 Å². The summed E-state index contributed by atoms with van der Waals surface area (Å²) in [6.07, 6.45) is 3.19. The van der Waals surface area contributed by atoms with Crippen molar-refractivity contribution in [2.24, 2.45) is 0 Å². The second-order valence-corrected chi connectivity index (χ2v) is 6.47. The van der Waals surface area contributed by atoms with Crippen molar-refractivity contribution in [2.45, 2.75) is 25.9 Å². The van der Waals surface area contributed by atoms with Crippen molar-refractivity contribution in [2.75, 3.05) is 21.2 Å². The maximum absolute atomic E-state index is 12.2. The highest BCUT2D eigenvalue weighted by atomic mass is 16.5. The maximum atomic E-state index is 12.2. The number of nitrogens with zero attached hydrogens (tertiary/aromatic N) is 3. The van der Waals surface area contributed by atoms with Gasteiger partial charge in [-0.2, -0.15) is 4.98 Å². The average molecular weight is 344 g/mol. The third kappa shape index (κ3) is 5.42. The second kappa shape index (κ2) is 7.94. The lowest BCUT2D eigenvalue weighted by atomic mass is 10.0. The van der Waals surface area contributed by atoms with Gasteiger partial charge in [0.15, 0.2) is 5.82 Å². The fourth-order valence-corrected chi connectivity index (χ4v) is 2.17. The molecule has 2 aromatic rings. The Morgan fingerprint density at radius 1 is 1.40 bits per heavy atom. The van der Waals surface area contributed by atoms with Crippen LogP contribution in [0.1, 0.15) is 31.1 Å². The summed E-state index contributed by atoms with van der Waals surface area (Å²) in [7, 11) is 5.44. The molecule has 1 amide bonds. The topological polar surface area (TPSA) is 80.5 Å². The molecule has 7 heteroatoms. The molecule has 0 atom stereocenters. The molecule has 1 heterocycles. The van der Waals surface area contributed by atoms with Crippen LogP contribution < -0.4 is 10.1 Å². The molecule has 0 aliphatic carbocycles. The first-order valence-corrected chi connectivity index (χ1v) is 7.92. The van der Waals surface area contributed by atoms with Gasteiger partial charge in [0.25, 0.3) is 0 Å². The molecule has 0 saturated heterocycles. The van der Waals surface area contributed by atoms with Crippen molar-refractivity contribution in [3.63, 3.8) is 0 Å². The van der Waals surface area contributed by atoms with E-state index in [0.717, 1.165) is 11.3 Å². The number of amides is 1. The van der Waals surface area contributed by atoms with Gasteiger partial charge in [0.05, 0.1) is 19.2 Å². The van der Waals surface area contributed by atoms with Crippen LogP contribution in [0.25, 0.3) is 6.08 Å². The Bertz CT molecular complexity index is 750. The van der Waals surface area contributed by atoms with Crippen LogP contribution in [-0.2, 0) is 16.9 Å². The van der Waals surface area contributed by atoms with Gasteiger partial charge in [0.1, 0.15) is 5.75 Å². The van der Waals surface area contributed by atoms with Gasteiger partial charge in [0.2, 0.25) is 11.8 Å². The van der Waals surface area contributed by atoms with E-state index in [-0.39, 0.29) is 5.91 Å². The minimum Gasteiger partial charge on any atom is -0.497 e. The van der Waals surface area contributed by atoms with Gasteiger partial charge < -0.3 is 19.5 Å². The highest BCUT2D eigenvalue weighted by Crippen LogP contribution is 2.17. The quantitative estimate of drug-likeness (QED) is 0.776. The molecule has 0 unspecified atom stereocenters. The van der Waals surface area contributed by atoms with E-state index in [4.69, 9.17) is 9.26 Å². The molecule has 0 aliphatic heterocycles. The smallest absolute Gasteiger partial charge is 0.244 e. The molecule has 0 aliphatic rings. The van der Waals surface area contributed by atoms with Gasteiger partial charge in [-0.1, -0.05) is 17.3 Å². The van der Waals surface area contributed by atoms with E-state index < -0.39 is 5.54 Å². The Balaban J connectivity index is 2.02. The van der Waals surface area contributed by atoms with Crippen molar-refractivity contribution >= 4 is 12.0 Å². The highest BCUT2D eigenvalue weighted by Gasteiger charge is 2.28. The summed E-state index contributed by atoms with van der Waals surface area (Å²) in [6.45, 7) is 4.20. The number of methoxy groups -OCH3 is 1. The van der Waals surface area contributed by atoms with E-state index in [0.29, 0.717) is 18.3 Å². The van der Waals surface area contributed by atoms with Gasteiger partial charge in [-0.3, -0.25) is 4.79 Å². The van der Waals surface area contributed by atoms with Crippen molar-refractivity contribution in [1.29, 1.82) is 0 Å². The number of nitrogens with one attached hydrogen (secondary N) is 1. The zero-order valence-corrected chi connectivity index (χ0v) is 15.2. The largest absolute Gasteiger partial charge is 0.497 e. The van der Waals surface area contributed by atoms with Crippen LogP contribution in [-0.4, -0.2) is 42.2 Å². The molecular weight excluding hydrogens is 320 g/mol. The lowest BCUT2D eigenvalue weighted by Gasteiger charge is -2.21. The first-order valence-electron chi connectivity index (χ1n) is 7.92. The number of hydrogen-bond donors (Lipinski definition) is 1. The summed E-state index contributed by atoms with van der Waals surface area (Å²) in [6, 6.07) is 7.46. The van der Waals surface area contributed by atoms with Crippen LogP contribution in [0, 0.1) is 0 Å². The minimum atomic E-state index is -0.746. The predicted molar refractivity (Wildman–Crippen MR) is 94.9 cm³/mol. The Labute approximate surface area is 147 Å². The zero-order chi connectivity index (χ0) is 18.4. The molecular formula is C18H24N4O3. The Morgan fingerprint density at radius 2 is 2.16 bits per heavy atom. The van der Waals surface area contributed by atoms with Crippen LogP contribution in [0.3, 0.4) is 0 Å². The number of benzene rings is 1. The maximum Gasteiger partial charge on any atom is 0.244 e. The lowest BCUT2D eigenvalue weighted by molar-refractivity contribution is -0.118. The number of hydrogen-bond acceptors (Lipinski definition) is 6. The van der Waals surface area contributed by atoms with Gasteiger partial charge in [-0.25, -0.2) is 0 Å². The summed E-state index contributed by atoms with van der Waals surface area (Å²) < 4.78 is 10.4. The van der Waals surface area contributed by atoms with Gasteiger partial charge in [0, 0.05) is 6.08 Å². The number of ether oxygens (including phenoxy) is 1. The van der Waals surface area contributed by atoms with Crippen LogP contribution in [0.5, 0.6) is 5.75 Å². The first-order chi connectivity index (χ1) is 11.8. The number of carbonyl (C=O) groups is 1. The van der Waals surface area contributed by atoms with E-state index in [1.807, 2.05) is 57.1 Å². The molecule has 1 N–H and O–H groups in total. The molecule has 7 nitrogen and oxygen atoms in total. The Kier molecular flexibility index (Phi) is 5.93. The number of rotatable bonds is 7. The van der Waals surface area contributed by atoms with Crippen molar-refractivity contribution in [3.8, 4) is 5.75 Å². The van der Waals surface area contributed by atoms with E-state index in [9.17, 15) is 4.79 Å². The van der Waals surface area contributed by atoms with Crippen LogP contribution in [0.2, 0.25) is 0 Å². The van der Waals surface area contributed by atoms with Crippen LogP contribution in [0.4, 0.5) is 0 Å². The van der Waals surface area contributed by atoms with Crippen LogP contribution in [0.15, 0.2) is 34.9 Å². The molecule has 0 bridgehead atoms. The zero-order valence-electron chi connectivity index (χ0n) is 15.2. The van der Waals surface area contributed by atoms with Crippen molar-refractivity contribution < 1.29 is 14.1 Å². The molecule has 1 aromatic carbocycles. The first kappa shape index (κ1) is 18.7. The summed E-state index contributed by atoms with van der Waals surface area (Å²) in [4.78, 5) is 18.5. The SMILES string of the molecule is COc1cccc(/C=C/C(=O)NC(C)(C)c2noc(CN(C)C)n2)c1. The predicted octanol–water partition coefficient (Wildman–Crippen LogP) is 2.20. The van der Waals surface area contributed by atoms with E-state index >= 15 is 0 Å². The van der Waals surface area contributed by atoms with Gasteiger partial charge in [-0.15, -0.1) is 0 Å². The molecule has 0 spiro atoms. The monoisotopic (exact) mass is 344 g/mol. The standard InChI is InChI=1S/C18H24N4O3/c1-18(2,17-19-16(25-21-17)12-22(3)4)20-15(23)10-9-13-7-6-8-14(11-13)24-5/h6-11H,12H2,1-5H3,(H,20,23)/b10-9+. The Morgan fingerprint density at radius 3 is 2.84 bits per heavy atom. The third-order valence-electron chi connectivity index (χ3n) is 3.44. The number of carbonyl (C=O) groups excluding carboxylic acids is 1.